The van der Waals surface area contributed by atoms with Crippen molar-refractivity contribution >= 4 is 0 Å². The lowest BCUT2D eigenvalue weighted by Crippen LogP contribution is -2.67. The summed E-state index contributed by atoms with van der Waals surface area (Å²) in [4.78, 5) is 0. The minimum atomic E-state index is 0.432. The van der Waals surface area contributed by atoms with E-state index in [2.05, 4.69) is 50.4 Å². The molecular weight excluding hydrogens is 246 g/mol. The first kappa shape index (κ1) is 14.1. The fraction of sp³-hybridized carbons (Fsp3) is 0.667. The van der Waals surface area contributed by atoms with Crippen molar-refractivity contribution in [1.82, 2.24) is 5.32 Å². The third-order valence-electron chi connectivity index (χ3n) is 5.54. The minimum absolute atomic E-state index is 0.432. The number of hydrogen-bond acceptors (Lipinski definition) is 2. The van der Waals surface area contributed by atoms with E-state index in [1.807, 2.05) is 0 Å². The summed E-state index contributed by atoms with van der Waals surface area (Å²) >= 11 is 0. The maximum atomic E-state index is 5.94. The van der Waals surface area contributed by atoms with Crippen LogP contribution in [0.2, 0.25) is 0 Å². The summed E-state index contributed by atoms with van der Waals surface area (Å²) in [6, 6.07) is 9.79. The monoisotopic (exact) mass is 273 g/mol. The van der Waals surface area contributed by atoms with E-state index < -0.39 is 0 Å². The molecule has 1 spiro atoms. The number of benzene rings is 1. The Labute approximate surface area is 122 Å². The van der Waals surface area contributed by atoms with Gasteiger partial charge in [0.05, 0.1) is 6.10 Å². The lowest BCUT2D eigenvalue weighted by Gasteiger charge is -2.61. The number of nitrogens with one attached hydrogen (secondary N) is 1. The van der Waals surface area contributed by atoms with E-state index in [9.17, 15) is 0 Å². The molecule has 2 unspecified atom stereocenters. The van der Waals surface area contributed by atoms with Crippen LogP contribution in [-0.4, -0.2) is 18.8 Å². The van der Waals surface area contributed by atoms with E-state index in [1.165, 1.54) is 36.8 Å². The zero-order valence-electron chi connectivity index (χ0n) is 13.0. The first-order chi connectivity index (χ1) is 9.67. The van der Waals surface area contributed by atoms with Gasteiger partial charge in [-0.15, -0.1) is 0 Å². The van der Waals surface area contributed by atoms with Crippen molar-refractivity contribution in [1.29, 1.82) is 0 Å². The second-order valence-electron chi connectivity index (χ2n) is 6.56. The highest BCUT2D eigenvalue weighted by Crippen LogP contribution is 2.57. The van der Waals surface area contributed by atoms with Crippen molar-refractivity contribution in [2.24, 2.45) is 5.41 Å². The molecule has 3 rings (SSSR count). The zero-order valence-corrected chi connectivity index (χ0v) is 13.0. The lowest BCUT2D eigenvalue weighted by atomic mass is 9.51. The molecule has 0 radical (unpaired) electrons. The van der Waals surface area contributed by atoms with Crippen LogP contribution >= 0.6 is 0 Å². The smallest absolute Gasteiger partial charge is 0.0661 e. The largest absolute Gasteiger partial charge is 0.378 e. The molecule has 2 saturated carbocycles. The maximum absolute atomic E-state index is 5.94. The normalized spacial score (nSPS) is 28.8. The molecule has 1 aromatic rings. The molecule has 2 nitrogen and oxygen atoms in total. The van der Waals surface area contributed by atoms with Crippen LogP contribution < -0.4 is 5.32 Å². The van der Waals surface area contributed by atoms with E-state index in [0.29, 0.717) is 23.6 Å². The van der Waals surface area contributed by atoms with Crippen LogP contribution in [-0.2, 0) is 4.74 Å². The molecule has 0 saturated heterocycles. The van der Waals surface area contributed by atoms with Gasteiger partial charge in [0.2, 0.25) is 0 Å². The Morgan fingerprint density at radius 2 is 2.10 bits per heavy atom. The SMILES string of the molecule is CCOC1CC(N[C@@H](C)c2ccccc2C)C12CCC2. The van der Waals surface area contributed by atoms with Gasteiger partial charge in [-0.1, -0.05) is 30.7 Å². The van der Waals surface area contributed by atoms with Crippen LogP contribution in [0.3, 0.4) is 0 Å². The van der Waals surface area contributed by atoms with E-state index in [0.717, 1.165) is 6.61 Å². The van der Waals surface area contributed by atoms with E-state index in [-0.39, 0.29) is 0 Å². The van der Waals surface area contributed by atoms with Gasteiger partial charge in [-0.2, -0.15) is 0 Å². The van der Waals surface area contributed by atoms with Crippen LogP contribution in [0.5, 0.6) is 0 Å². The molecule has 0 aliphatic heterocycles. The van der Waals surface area contributed by atoms with Gasteiger partial charge >= 0.3 is 0 Å². The third-order valence-corrected chi connectivity index (χ3v) is 5.54. The Morgan fingerprint density at radius 3 is 2.70 bits per heavy atom. The second kappa shape index (κ2) is 5.50. The van der Waals surface area contributed by atoms with Crippen molar-refractivity contribution in [3.8, 4) is 0 Å². The average molecular weight is 273 g/mol. The van der Waals surface area contributed by atoms with Crippen LogP contribution in [0.15, 0.2) is 24.3 Å². The maximum Gasteiger partial charge on any atom is 0.0661 e. The summed E-state index contributed by atoms with van der Waals surface area (Å²) in [6.45, 7) is 7.47. The molecule has 110 valence electrons. The summed E-state index contributed by atoms with van der Waals surface area (Å²) in [7, 11) is 0. The third kappa shape index (κ3) is 2.19. The lowest BCUT2D eigenvalue weighted by molar-refractivity contribution is -0.174. The minimum Gasteiger partial charge on any atom is -0.378 e. The van der Waals surface area contributed by atoms with Gasteiger partial charge in [0.25, 0.3) is 0 Å². The Morgan fingerprint density at radius 1 is 1.35 bits per heavy atom. The van der Waals surface area contributed by atoms with Gasteiger partial charge in [0.1, 0.15) is 0 Å². The van der Waals surface area contributed by atoms with E-state index in [1.54, 1.807) is 0 Å². The average Bonchev–Trinajstić information content (AvgIpc) is 2.35. The van der Waals surface area contributed by atoms with Gasteiger partial charge in [-0.3, -0.25) is 0 Å². The molecule has 3 atom stereocenters. The fourth-order valence-electron chi connectivity index (χ4n) is 4.14. The van der Waals surface area contributed by atoms with Crippen molar-refractivity contribution in [2.45, 2.75) is 64.6 Å². The molecule has 2 aliphatic rings. The molecule has 0 aromatic heterocycles. The molecule has 2 fully saturated rings. The molecule has 0 amide bonds. The molecule has 2 aliphatic carbocycles. The second-order valence-corrected chi connectivity index (χ2v) is 6.56. The molecule has 20 heavy (non-hydrogen) atoms. The fourth-order valence-corrected chi connectivity index (χ4v) is 4.14. The van der Waals surface area contributed by atoms with Crippen molar-refractivity contribution in [2.75, 3.05) is 6.61 Å². The Hall–Kier alpha value is -0.860. The van der Waals surface area contributed by atoms with Crippen LogP contribution in [0.4, 0.5) is 0 Å². The number of rotatable bonds is 5. The molecule has 1 aromatic carbocycles. The molecule has 0 bridgehead atoms. The summed E-state index contributed by atoms with van der Waals surface area (Å²) in [5.41, 5.74) is 3.27. The Kier molecular flexibility index (Phi) is 3.87. The van der Waals surface area contributed by atoms with Crippen LogP contribution in [0, 0.1) is 12.3 Å². The molecule has 0 heterocycles. The van der Waals surface area contributed by atoms with Crippen LogP contribution in [0.1, 0.15) is 56.7 Å². The summed E-state index contributed by atoms with van der Waals surface area (Å²) in [6.07, 6.45) is 5.75. The Balaban J connectivity index is 1.66. The quantitative estimate of drug-likeness (QED) is 0.875. The predicted octanol–water partition coefficient (Wildman–Crippen LogP) is 3.99. The highest BCUT2D eigenvalue weighted by atomic mass is 16.5. The molecule has 2 heteroatoms. The molecular formula is C18H27NO. The van der Waals surface area contributed by atoms with Gasteiger partial charge < -0.3 is 10.1 Å². The number of hydrogen-bond donors (Lipinski definition) is 1. The molecule has 1 N–H and O–H groups in total. The Bertz CT molecular complexity index is 466. The van der Waals surface area contributed by atoms with E-state index in [4.69, 9.17) is 4.74 Å². The van der Waals surface area contributed by atoms with Crippen molar-refractivity contribution in [3.05, 3.63) is 35.4 Å². The van der Waals surface area contributed by atoms with Crippen LogP contribution in [0.25, 0.3) is 0 Å². The van der Waals surface area contributed by atoms with Crippen molar-refractivity contribution in [3.63, 3.8) is 0 Å². The topological polar surface area (TPSA) is 21.3 Å². The number of aryl methyl sites for hydroxylation is 1. The van der Waals surface area contributed by atoms with E-state index >= 15 is 0 Å². The predicted molar refractivity (Wildman–Crippen MR) is 82.8 cm³/mol. The first-order valence-corrected chi connectivity index (χ1v) is 8.10. The van der Waals surface area contributed by atoms with Gasteiger partial charge in [0, 0.05) is 24.1 Å². The number of ether oxygens (including phenoxy) is 1. The van der Waals surface area contributed by atoms with Gasteiger partial charge in [-0.05, 0) is 51.2 Å². The van der Waals surface area contributed by atoms with Crippen molar-refractivity contribution < 1.29 is 4.74 Å². The highest BCUT2D eigenvalue weighted by Gasteiger charge is 2.58. The van der Waals surface area contributed by atoms with Gasteiger partial charge in [0.15, 0.2) is 0 Å². The summed E-state index contributed by atoms with van der Waals surface area (Å²) in [5, 5.41) is 3.87. The highest BCUT2D eigenvalue weighted by molar-refractivity contribution is 5.29. The summed E-state index contributed by atoms with van der Waals surface area (Å²) in [5.74, 6) is 0. The van der Waals surface area contributed by atoms with Gasteiger partial charge in [-0.25, -0.2) is 0 Å². The first-order valence-electron chi connectivity index (χ1n) is 8.10. The standard InChI is InChI=1S/C18H27NO/c1-4-20-17-12-16(18(17)10-7-11-18)19-14(3)15-9-6-5-8-13(15)2/h5-6,8-9,14,16-17,19H,4,7,10-12H2,1-3H3/t14-,16?,17?/m0/s1. The summed E-state index contributed by atoms with van der Waals surface area (Å²) < 4.78 is 5.94. The zero-order chi connectivity index (χ0) is 14.2.